The molecular weight excluding hydrogens is 136 g/mol. The Kier molecular flexibility index (Phi) is 2.29. The van der Waals surface area contributed by atoms with Crippen LogP contribution in [0.2, 0.25) is 0 Å². The quantitative estimate of drug-likeness (QED) is 0.597. The summed E-state index contributed by atoms with van der Waals surface area (Å²) >= 11 is 0. The second-order valence-corrected chi connectivity index (χ2v) is 4.52. The lowest BCUT2D eigenvalue weighted by molar-refractivity contribution is -0.250. The number of ether oxygens (including phenoxy) is 1. The van der Waals surface area contributed by atoms with Crippen LogP contribution in [0.3, 0.4) is 0 Å². The van der Waals surface area contributed by atoms with Crippen molar-refractivity contribution >= 4 is 0 Å². The van der Waals surface area contributed by atoms with Crippen LogP contribution in [0.1, 0.15) is 41.0 Å². The normalized spacial score (nSPS) is 35.5. The monoisotopic (exact) mass is 156 g/mol. The van der Waals surface area contributed by atoms with Gasteiger partial charge in [-0.3, -0.25) is 0 Å². The summed E-state index contributed by atoms with van der Waals surface area (Å²) in [5, 5.41) is 0. The van der Waals surface area contributed by atoms with Crippen molar-refractivity contribution in [2.75, 3.05) is 0 Å². The van der Waals surface area contributed by atoms with Crippen LogP contribution in [0.4, 0.5) is 0 Å². The first-order chi connectivity index (χ1) is 5.00. The molecule has 0 aromatic heterocycles. The van der Waals surface area contributed by atoms with Gasteiger partial charge in [0.25, 0.3) is 0 Å². The van der Waals surface area contributed by atoms with E-state index in [9.17, 15) is 0 Å². The second kappa shape index (κ2) is 2.78. The molecule has 11 heavy (non-hydrogen) atoms. The first kappa shape index (κ1) is 9.05. The van der Waals surface area contributed by atoms with Crippen LogP contribution in [0.15, 0.2) is 0 Å². The van der Waals surface area contributed by atoms with E-state index in [0.29, 0.717) is 23.5 Å². The Morgan fingerprint density at radius 1 is 1.36 bits per heavy atom. The van der Waals surface area contributed by atoms with Crippen LogP contribution in [0.25, 0.3) is 0 Å². The van der Waals surface area contributed by atoms with Gasteiger partial charge in [0.15, 0.2) is 0 Å². The molecule has 1 saturated heterocycles. The molecule has 0 saturated carbocycles. The summed E-state index contributed by atoms with van der Waals surface area (Å²) in [6, 6.07) is 0. The molecule has 1 heterocycles. The topological polar surface area (TPSA) is 9.23 Å². The molecule has 0 bridgehead atoms. The van der Waals surface area contributed by atoms with Crippen molar-refractivity contribution < 1.29 is 4.74 Å². The van der Waals surface area contributed by atoms with Gasteiger partial charge in [0.2, 0.25) is 0 Å². The van der Waals surface area contributed by atoms with Gasteiger partial charge in [-0.15, -0.1) is 0 Å². The van der Waals surface area contributed by atoms with Gasteiger partial charge in [-0.25, -0.2) is 0 Å². The summed E-state index contributed by atoms with van der Waals surface area (Å²) in [6.45, 7) is 11.3. The summed E-state index contributed by atoms with van der Waals surface area (Å²) in [6.07, 6.45) is 2.12. The molecule has 0 N–H and O–H groups in total. The molecule has 0 amide bonds. The van der Waals surface area contributed by atoms with Gasteiger partial charge in [-0.05, 0) is 12.3 Å². The molecule has 1 fully saturated rings. The van der Waals surface area contributed by atoms with Crippen molar-refractivity contribution in [2.45, 2.75) is 53.2 Å². The van der Waals surface area contributed by atoms with E-state index in [1.54, 1.807) is 0 Å². The zero-order valence-corrected chi connectivity index (χ0v) is 8.35. The van der Waals surface area contributed by atoms with Gasteiger partial charge in [0.05, 0.1) is 12.2 Å². The van der Waals surface area contributed by atoms with Crippen molar-refractivity contribution in [2.24, 2.45) is 11.3 Å². The van der Waals surface area contributed by atoms with Crippen LogP contribution in [-0.2, 0) is 4.74 Å². The highest BCUT2D eigenvalue weighted by molar-refractivity contribution is 4.96. The van der Waals surface area contributed by atoms with Gasteiger partial charge >= 0.3 is 0 Å². The molecule has 2 unspecified atom stereocenters. The maximum Gasteiger partial charge on any atom is 0.0677 e. The number of hydrogen-bond donors (Lipinski definition) is 0. The molecule has 0 radical (unpaired) electrons. The SMILES string of the molecule is CCC1OC(C(C)C)C1(C)C. The summed E-state index contributed by atoms with van der Waals surface area (Å²) in [7, 11) is 0. The van der Waals surface area contributed by atoms with Gasteiger partial charge < -0.3 is 4.74 Å². The molecule has 0 spiro atoms. The minimum atomic E-state index is 0.406. The summed E-state index contributed by atoms with van der Waals surface area (Å²) < 4.78 is 5.77. The van der Waals surface area contributed by atoms with Gasteiger partial charge in [0, 0.05) is 5.41 Å². The summed E-state index contributed by atoms with van der Waals surface area (Å²) in [4.78, 5) is 0. The van der Waals surface area contributed by atoms with E-state index in [-0.39, 0.29) is 0 Å². The van der Waals surface area contributed by atoms with E-state index in [0.717, 1.165) is 6.42 Å². The highest BCUT2D eigenvalue weighted by atomic mass is 16.5. The zero-order chi connectivity index (χ0) is 8.65. The molecule has 0 aromatic rings. The van der Waals surface area contributed by atoms with Crippen molar-refractivity contribution in [1.29, 1.82) is 0 Å². The first-order valence-corrected chi connectivity index (χ1v) is 4.65. The molecular formula is C10H20O. The highest BCUT2D eigenvalue weighted by Gasteiger charge is 2.49. The van der Waals surface area contributed by atoms with Crippen molar-refractivity contribution in [3.05, 3.63) is 0 Å². The minimum absolute atomic E-state index is 0.406. The fourth-order valence-electron chi connectivity index (χ4n) is 2.28. The van der Waals surface area contributed by atoms with Crippen molar-refractivity contribution in [3.63, 3.8) is 0 Å². The standard InChI is InChI=1S/C10H20O/c1-6-8-10(4,5)9(11-8)7(2)3/h7-9H,6H2,1-5H3. The Balaban J connectivity index is 2.54. The molecule has 1 heteroatoms. The predicted octanol–water partition coefficient (Wildman–Crippen LogP) is 2.85. The van der Waals surface area contributed by atoms with E-state index < -0.39 is 0 Å². The number of hydrogen-bond acceptors (Lipinski definition) is 1. The number of rotatable bonds is 2. The van der Waals surface area contributed by atoms with Crippen LogP contribution in [0.5, 0.6) is 0 Å². The molecule has 1 rings (SSSR count). The smallest absolute Gasteiger partial charge is 0.0677 e. The summed E-state index contributed by atoms with van der Waals surface area (Å²) in [5.74, 6) is 0.660. The molecule has 1 aliphatic rings. The van der Waals surface area contributed by atoms with Crippen LogP contribution < -0.4 is 0 Å². The first-order valence-electron chi connectivity index (χ1n) is 4.65. The highest BCUT2D eigenvalue weighted by Crippen LogP contribution is 2.45. The lowest BCUT2D eigenvalue weighted by atomic mass is 9.70. The Morgan fingerprint density at radius 2 is 1.91 bits per heavy atom. The van der Waals surface area contributed by atoms with E-state index in [1.807, 2.05) is 0 Å². The van der Waals surface area contributed by atoms with Gasteiger partial charge in [-0.2, -0.15) is 0 Å². The molecule has 1 nitrogen and oxygen atoms in total. The molecule has 0 aliphatic carbocycles. The molecule has 0 aromatic carbocycles. The fourth-order valence-corrected chi connectivity index (χ4v) is 2.28. The van der Waals surface area contributed by atoms with Crippen LogP contribution >= 0.6 is 0 Å². The summed E-state index contributed by atoms with van der Waals surface area (Å²) in [5.41, 5.74) is 0.406. The second-order valence-electron chi connectivity index (χ2n) is 4.52. The maximum atomic E-state index is 5.77. The van der Waals surface area contributed by atoms with E-state index in [2.05, 4.69) is 34.6 Å². The van der Waals surface area contributed by atoms with Crippen LogP contribution in [0, 0.1) is 11.3 Å². The average Bonchev–Trinajstić information content (AvgIpc) is 1.85. The van der Waals surface area contributed by atoms with Crippen molar-refractivity contribution in [3.8, 4) is 0 Å². The third-order valence-electron chi connectivity index (χ3n) is 2.85. The van der Waals surface area contributed by atoms with Crippen molar-refractivity contribution in [1.82, 2.24) is 0 Å². The average molecular weight is 156 g/mol. The Hall–Kier alpha value is -0.0400. The Morgan fingerprint density at radius 3 is 2.18 bits per heavy atom. The lowest BCUT2D eigenvalue weighted by Gasteiger charge is -2.53. The van der Waals surface area contributed by atoms with Gasteiger partial charge in [0.1, 0.15) is 0 Å². The van der Waals surface area contributed by atoms with E-state index >= 15 is 0 Å². The zero-order valence-electron chi connectivity index (χ0n) is 8.35. The third-order valence-corrected chi connectivity index (χ3v) is 2.85. The van der Waals surface area contributed by atoms with Crippen LogP contribution in [-0.4, -0.2) is 12.2 Å². The Bertz CT molecular complexity index is 138. The molecule has 66 valence electrons. The van der Waals surface area contributed by atoms with Gasteiger partial charge in [-0.1, -0.05) is 34.6 Å². The van der Waals surface area contributed by atoms with E-state index in [4.69, 9.17) is 4.74 Å². The largest absolute Gasteiger partial charge is 0.373 e. The third kappa shape index (κ3) is 1.31. The Labute approximate surface area is 70.1 Å². The molecule has 1 aliphatic heterocycles. The predicted molar refractivity (Wildman–Crippen MR) is 47.6 cm³/mol. The lowest BCUT2D eigenvalue weighted by Crippen LogP contribution is -2.57. The maximum absolute atomic E-state index is 5.77. The van der Waals surface area contributed by atoms with E-state index in [1.165, 1.54) is 0 Å². The minimum Gasteiger partial charge on any atom is -0.373 e. The molecule has 2 atom stereocenters. The fraction of sp³-hybridized carbons (Fsp3) is 1.00.